The number of carbonyl (C=O) groups is 2. The maximum Gasteiger partial charge on any atom is 0.159 e. The van der Waals surface area contributed by atoms with Gasteiger partial charge in [0.15, 0.2) is 11.6 Å². The first-order valence-corrected chi connectivity index (χ1v) is 8.12. The average molecular weight is 318 g/mol. The normalized spacial score (nSPS) is 13.9. The zero-order valence-electron chi connectivity index (χ0n) is 14.1. The molecule has 0 spiro atoms. The SMILES string of the molecule is CC(C(=O)/C=C/c1ccccc1)C(C)C(=O)/C=C/c1ccccc1. The van der Waals surface area contributed by atoms with Gasteiger partial charge in [-0.3, -0.25) is 9.59 Å². The fraction of sp³-hybridized carbons (Fsp3) is 0.182. The fourth-order valence-corrected chi connectivity index (χ4v) is 2.28. The minimum absolute atomic E-state index is 0.0344. The van der Waals surface area contributed by atoms with Crippen LogP contribution in [0, 0.1) is 11.8 Å². The molecule has 0 radical (unpaired) electrons. The summed E-state index contributed by atoms with van der Waals surface area (Å²) < 4.78 is 0. The second-order valence-electron chi connectivity index (χ2n) is 5.87. The minimum atomic E-state index is -0.349. The van der Waals surface area contributed by atoms with E-state index < -0.39 is 0 Å². The van der Waals surface area contributed by atoms with Gasteiger partial charge in [-0.25, -0.2) is 0 Å². The van der Waals surface area contributed by atoms with E-state index in [0.29, 0.717) is 0 Å². The van der Waals surface area contributed by atoms with Crippen LogP contribution in [0.5, 0.6) is 0 Å². The Morgan fingerprint density at radius 2 is 1.00 bits per heavy atom. The van der Waals surface area contributed by atoms with E-state index >= 15 is 0 Å². The zero-order valence-corrected chi connectivity index (χ0v) is 14.1. The van der Waals surface area contributed by atoms with Gasteiger partial charge in [0, 0.05) is 11.8 Å². The molecule has 2 atom stereocenters. The Morgan fingerprint density at radius 3 is 1.33 bits per heavy atom. The van der Waals surface area contributed by atoms with Crippen LogP contribution in [0.2, 0.25) is 0 Å². The van der Waals surface area contributed by atoms with Gasteiger partial charge in [0.05, 0.1) is 0 Å². The molecule has 0 saturated heterocycles. The first-order valence-electron chi connectivity index (χ1n) is 8.12. The molecule has 2 aromatic rings. The van der Waals surface area contributed by atoms with Crippen LogP contribution < -0.4 is 0 Å². The largest absolute Gasteiger partial charge is 0.295 e. The number of allylic oxidation sites excluding steroid dienone is 2. The molecule has 2 unspecified atom stereocenters. The van der Waals surface area contributed by atoms with Crippen molar-refractivity contribution in [3.63, 3.8) is 0 Å². The number of hydrogen-bond donors (Lipinski definition) is 0. The molecule has 0 bridgehead atoms. The van der Waals surface area contributed by atoms with Gasteiger partial charge < -0.3 is 0 Å². The Kier molecular flexibility index (Phi) is 6.44. The second kappa shape index (κ2) is 8.78. The molecule has 0 N–H and O–H groups in total. The molecule has 2 aromatic carbocycles. The van der Waals surface area contributed by atoms with E-state index in [1.807, 2.05) is 60.7 Å². The van der Waals surface area contributed by atoms with Crippen molar-refractivity contribution in [2.75, 3.05) is 0 Å². The van der Waals surface area contributed by atoms with Crippen LogP contribution in [0.1, 0.15) is 25.0 Å². The van der Waals surface area contributed by atoms with Gasteiger partial charge in [0.25, 0.3) is 0 Å². The van der Waals surface area contributed by atoms with Crippen LogP contribution in [0.15, 0.2) is 72.8 Å². The number of rotatable bonds is 7. The van der Waals surface area contributed by atoms with Crippen molar-refractivity contribution >= 4 is 23.7 Å². The quantitative estimate of drug-likeness (QED) is 0.686. The molecular weight excluding hydrogens is 296 g/mol. The summed E-state index contributed by atoms with van der Waals surface area (Å²) in [5.41, 5.74) is 1.95. The van der Waals surface area contributed by atoms with Gasteiger partial charge >= 0.3 is 0 Å². The summed E-state index contributed by atoms with van der Waals surface area (Å²) in [4.78, 5) is 24.5. The van der Waals surface area contributed by atoms with Crippen LogP contribution in [0.4, 0.5) is 0 Å². The van der Waals surface area contributed by atoms with Gasteiger partial charge in [-0.15, -0.1) is 0 Å². The number of ketones is 2. The highest BCUT2D eigenvalue weighted by Gasteiger charge is 2.22. The third kappa shape index (κ3) is 5.17. The smallest absolute Gasteiger partial charge is 0.159 e. The molecule has 0 amide bonds. The lowest BCUT2D eigenvalue weighted by atomic mass is 9.87. The average Bonchev–Trinajstić information content (AvgIpc) is 2.64. The van der Waals surface area contributed by atoms with Crippen molar-refractivity contribution in [1.82, 2.24) is 0 Å². The van der Waals surface area contributed by atoms with E-state index in [1.165, 1.54) is 0 Å². The van der Waals surface area contributed by atoms with Crippen LogP contribution in [0.3, 0.4) is 0 Å². The molecule has 0 aliphatic carbocycles. The van der Waals surface area contributed by atoms with Crippen LogP contribution in [0.25, 0.3) is 12.2 Å². The summed E-state index contributed by atoms with van der Waals surface area (Å²) in [6.45, 7) is 3.60. The summed E-state index contributed by atoms with van der Waals surface area (Å²) in [5.74, 6) is -0.767. The topological polar surface area (TPSA) is 34.1 Å². The summed E-state index contributed by atoms with van der Waals surface area (Å²) in [6.07, 6.45) is 6.70. The molecule has 0 aliphatic rings. The van der Waals surface area contributed by atoms with Crippen LogP contribution in [-0.4, -0.2) is 11.6 Å². The third-order valence-corrected chi connectivity index (χ3v) is 4.13. The highest BCUT2D eigenvalue weighted by atomic mass is 16.1. The lowest BCUT2D eigenvalue weighted by Gasteiger charge is -2.14. The second-order valence-corrected chi connectivity index (χ2v) is 5.87. The predicted octanol–water partition coefficient (Wildman–Crippen LogP) is 4.82. The number of carbonyl (C=O) groups excluding carboxylic acids is 2. The van der Waals surface area contributed by atoms with Gasteiger partial charge in [0.1, 0.15) is 0 Å². The third-order valence-electron chi connectivity index (χ3n) is 4.13. The monoisotopic (exact) mass is 318 g/mol. The summed E-state index contributed by atoms with van der Waals surface area (Å²) in [6, 6.07) is 19.3. The standard InChI is InChI=1S/C22H22O2/c1-17(21(23)15-13-19-9-5-3-6-10-19)18(2)22(24)16-14-20-11-7-4-8-12-20/h3-18H,1-2H3/b15-13+,16-14+. The summed E-state index contributed by atoms with van der Waals surface area (Å²) >= 11 is 0. The Bertz CT molecular complexity index is 662. The first kappa shape index (κ1) is 17.6. The molecule has 0 aliphatic heterocycles. The van der Waals surface area contributed by atoms with Gasteiger partial charge in [-0.05, 0) is 23.3 Å². The Balaban J connectivity index is 1.96. The highest BCUT2D eigenvalue weighted by molar-refractivity contribution is 6.02. The molecule has 0 heterocycles. The minimum Gasteiger partial charge on any atom is -0.295 e. The number of benzene rings is 2. The maximum atomic E-state index is 12.3. The van der Waals surface area contributed by atoms with E-state index in [2.05, 4.69) is 0 Å². The Hall–Kier alpha value is -2.74. The van der Waals surface area contributed by atoms with Gasteiger partial charge in [-0.1, -0.05) is 86.7 Å². The van der Waals surface area contributed by atoms with E-state index in [0.717, 1.165) is 11.1 Å². The molecule has 122 valence electrons. The summed E-state index contributed by atoms with van der Waals surface area (Å²) in [5, 5.41) is 0. The molecule has 0 saturated carbocycles. The van der Waals surface area contributed by atoms with Crippen LogP contribution >= 0.6 is 0 Å². The van der Waals surface area contributed by atoms with Gasteiger partial charge in [-0.2, -0.15) is 0 Å². The molecule has 2 heteroatoms. The molecule has 2 rings (SSSR count). The van der Waals surface area contributed by atoms with Crippen molar-refractivity contribution in [3.05, 3.63) is 83.9 Å². The Labute approximate surface area is 143 Å². The molecular formula is C22H22O2. The zero-order chi connectivity index (χ0) is 17.4. The van der Waals surface area contributed by atoms with E-state index in [-0.39, 0.29) is 23.4 Å². The van der Waals surface area contributed by atoms with Crippen molar-refractivity contribution in [2.24, 2.45) is 11.8 Å². The molecule has 2 nitrogen and oxygen atoms in total. The fourth-order valence-electron chi connectivity index (χ4n) is 2.28. The van der Waals surface area contributed by atoms with Crippen molar-refractivity contribution < 1.29 is 9.59 Å². The first-order chi connectivity index (χ1) is 11.6. The highest BCUT2D eigenvalue weighted by Crippen LogP contribution is 2.16. The van der Waals surface area contributed by atoms with Crippen LogP contribution in [-0.2, 0) is 9.59 Å². The lowest BCUT2D eigenvalue weighted by Crippen LogP contribution is -2.23. The molecule has 24 heavy (non-hydrogen) atoms. The number of hydrogen-bond acceptors (Lipinski definition) is 2. The van der Waals surface area contributed by atoms with Crippen molar-refractivity contribution in [1.29, 1.82) is 0 Å². The lowest BCUT2D eigenvalue weighted by molar-refractivity contribution is -0.126. The summed E-state index contributed by atoms with van der Waals surface area (Å²) in [7, 11) is 0. The van der Waals surface area contributed by atoms with E-state index in [9.17, 15) is 9.59 Å². The van der Waals surface area contributed by atoms with Crippen molar-refractivity contribution in [2.45, 2.75) is 13.8 Å². The van der Waals surface area contributed by atoms with Gasteiger partial charge in [0.2, 0.25) is 0 Å². The molecule has 0 aromatic heterocycles. The van der Waals surface area contributed by atoms with E-state index in [4.69, 9.17) is 0 Å². The molecule has 0 fully saturated rings. The maximum absolute atomic E-state index is 12.3. The predicted molar refractivity (Wildman–Crippen MR) is 99.3 cm³/mol. The van der Waals surface area contributed by atoms with Crippen molar-refractivity contribution in [3.8, 4) is 0 Å². The Morgan fingerprint density at radius 1 is 0.667 bits per heavy atom. The van der Waals surface area contributed by atoms with E-state index in [1.54, 1.807) is 38.2 Å².